The zero-order valence-electron chi connectivity index (χ0n) is 7.34. The van der Waals surface area contributed by atoms with Crippen LogP contribution < -0.4 is 0 Å². The van der Waals surface area contributed by atoms with Crippen LogP contribution >= 0.6 is 0 Å². The van der Waals surface area contributed by atoms with E-state index < -0.39 is 0 Å². The highest BCUT2D eigenvalue weighted by Gasteiger charge is 2.23. The van der Waals surface area contributed by atoms with Gasteiger partial charge < -0.3 is 0 Å². The maximum atomic E-state index is 8.84. The highest BCUT2D eigenvalue weighted by molar-refractivity contribution is 4.90. The van der Waals surface area contributed by atoms with Crippen LogP contribution in [0.5, 0.6) is 0 Å². The molecule has 0 aromatic rings. The maximum Gasteiger partial charge on any atom is 0.0658 e. The lowest BCUT2D eigenvalue weighted by Crippen LogP contribution is -2.17. The molecule has 1 aliphatic carbocycles. The van der Waals surface area contributed by atoms with Gasteiger partial charge in [0.2, 0.25) is 0 Å². The van der Waals surface area contributed by atoms with Crippen molar-refractivity contribution in [3.05, 3.63) is 0 Å². The summed E-state index contributed by atoms with van der Waals surface area (Å²) in [5.41, 5.74) is 0. The van der Waals surface area contributed by atoms with Gasteiger partial charge in [-0.2, -0.15) is 5.26 Å². The van der Waals surface area contributed by atoms with E-state index in [0.29, 0.717) is 5.92 Å². The summed E-state index contributed by atoms with van der Waals surface area (Å²) in [5, 5.41) is 8.84. The minimum atomic E-state index is 0.378. The van der Waals surface area contributed by atoms with Crippen molar-refractivity contribution < 1.29 is 0 Å². The van der Waals surface area contributed by atoms with Crippen LogP contribution in [0.1, 0.15) is 45.4 Å². The molecule has 0 radical (unpaired) electrons. The maximum absolute atomic E-state index is 8.84. The van der Waals surface area contributed by atoms with Crippen molar-refractivity contribution in [2.24, 2.45) is 11.8 Å². The number of hydrogen-bond acceptors (Lipinski definition) is 1. The SMILES string of the molecule is CCCC1CCCCC1C#N. The molecule has 11 heavy (non-hydrogen) atoms. The van der Waals surface area contributed by atoms with Gasteiger partial charge >= 0.3 is 0 Å². The molecule has 0 heterocycles. The summed E-state index contributed by atoms with van der Waals surface area (Å²) in [4.78, 5) is 0. The van der Waals surface area contributed by atoms with Gasteiger partial charge in [-0.05, 0) is 25.2 Å². The van der Waals surface area contributed by atoms with E-state index in [4.69, 9.17) is 5.26 Å². The van der Waals surface area contributed by atoms with Crippen molar-refractivity contribution in [1.29, 1.82) is 5.26 Å². The third kappa shape index (κ3) is 2.22. The van der Waals surface area contributed by atoms with Crippen molar-refractivity contribution in [2.45, 2.75) is 45.4 Å². The summed E-state index contributed by atoms with van der Waals surface area (Å²) in [5.74, 6) is 1.10. The van der Waals surface area contributed by atoms with Crippen LogP contribution in [-0.2, 0) is 0 Å². The Morgan fingerprint density at radius 3 is 2.73 bits per heavy atom. The van der Waals surface area contributed by atoms with Crippen LogP contribution in [-0.4, -0.2) is 0 Å². The Kier molecular flexibility index (Phi) is 3.42. The van der Waals surface area contributed by atoms with Gasteiger partial charge in [-0.25, -0.2) is 0 Å². The van der Waals surface area contributed by atoms with E-state index in [2.05, 4.69) is 13.0 Å². The average Bonchev–Trinajstić information content (AvgIpc) is 2.06. The Morgan fingerprint density at radius 1 is 1.36 bits per heavy atom. The largest absolute Gasteiger partial charge is 0.198 e. The lowest BCUT2D eigenvalue weighted by atomic mass is 9.78. The van der Waals surface area contributed by atoms with Crippen molar-refractivity contribution in [1.82, 2.24) is 0 Å². The van der Waals surface area contributed by atoms with E-state index in [1.54, 1.807) is 0 Å². The summed E-state index contributed by atoms with van der Waals surface area (Å²) >= 11 is 0. The van der Waals surface area contributed by atoms with E-state index in [-0.39, 0.29) is 0 Å². The highest BCUT2D eigenvalue weighted by Crippen LogP contribution is 2.32. The van der Waals surface area contributed by atoms with E-state index in [9.17, 15) is 0 Å². The van der Waals surface area contributed by atoms with Gasteiger partial charge in [0, 0.05) is 5.92 Å². The molecule has 1 fully saturated rings. The Labute approximate surface area is 69.4 Å². The van der Waals surface area contributed by atoms with Crippen LogP contribution in [0, 0.1) is 23.2 Å². The summed E-state index contributed by atoms with van der Waals surface area (Å²) in [7, 11) is 0. The number of nitriles is 1. The fourth-order valence-electron chi connectivity index (χ4n) is 2.09. The first kappa shape index (κ1) is 8.59. The molecule has 0 spiro atoms. The van der Waals surface area contributed by atoms with E-state index in [1.165, 1.54) is 32.1 Å². The van der Waals surface area contributed by atoms with Gasteiger partial charge in [-0.3, -0.25) is 0 Å². The predicted molar refractivity (Wildman–Crippen MR) is 46.0 cm³/mol. The van der Waals surface area contributed by atoms with Crippen molar-refractivity contribution in [2.75, 3.05) is 0 Å². The minimum Gasteiger partial charge on any atom is -0.198 e. The standard InChI is InChI=1S/C10H17N/c1-2-5-9-6-3-4-7-10(9)8-11/h9-10H,2-7H2,1H3. The topological polar surface area (TPSA) is 23.8 Å². The summed E-state index contributed by atoms with van der Waals surface area (Å²) < 4.78 is 0. The molecule has 1 rings (SSSR count). The van der Waals surface area contributed by atoms with Crippen LogP contribution in [0.25, 0.3) is 0 Å². The lowest BCUT2D eigenvalue weighted by Gasteiger charge is -2.25. The van der Waals surface area contributed by atoms with Crippen molar-refractivity contribution >= 4 is 0 Å². The molecular weight excluding hydrogens is 134 g/mol. The van der Waals surface area contributed by atoms with Crippen molar-refractivity contribution in [3.8, 4) is 6.07 Å². The first-order valence-electron chi connectivity index (χ1n) is 4.78. The molecule has 0 aromatic heterocycles. The van der Waals surface area contributed by atoms with Crippen LogP contribution in [0.2, 0.25) is 0 Å². The van der Waals surface area contributed by atoms with E-state index in [1.807, 2.05) is 0 Å². The predicted octanol–water partition coefficient (Wildman–Crippen LogP) is 3.12. The van der Waals surface area contributed by atoms with Crippen LogP contribution in [0.3, 0.4) is 0 Å². The Bertz CT molecular complexity index is 143. The van der Waals surface area contributed by atoms with Gasteiger partial charge in [0.15, 0.2) is 0 Å². The summed E-state index contributed by atoms with van der Waals surface area (Å²) in [6, 6.07) is 2.44. The number of nitrogens with zero attached hydrogens (tertiary/aromatic N) is 1. The summed E-state index contributed by atoms with van der Waals surface area (Å²) in [6.07, 6.45) is 7.58. The zero-order chi connectivity index (χ0) is 8.10. The quantitative estimate of drug-likeness (QED) is 0.595. The van der Waals surface area contributed by atoms with Gasteiger partial charge in [-0.15, -0.1) is 0 Å². The second-order valence-corrected chi connectivity index (χ2v) is 3.57. The molecule has 0 aliphatic heterocycles. The Hall–Kier alpha value is -0.510. The molecule has 0 aromatic carbocycles. The molecule has 1 saturated carbocycles. The van der Waals surface area contributed by atoms with E-state index >= 15 is 0 Å². The minimum absolute atomic E-state index is 0.378. The second-order valence-electron chi connectivity index (χ2n) is 3.57. The molecule has 2 atom stereocenters. The normalized spacial score (nSPS) is 31.3. The molecule has 0 bridgehead atoms. The first-order chi connectivity index (χ1) is 5.38. The first-order valence-corrected chi connectivity index (χ1v) is 4.78. The fraction of sp³-hybridized carbons (Fsp3) is 0.900. The molecule has 0 amide bonds. The number of hydrogen-bond donors (Lipinski definition) is 0. The monoisotopic (exact) mass is 151 g/mol. The van der Waals surface area contributed by atoms with Gasteiger partial charge in [0.05, 0.1) is 6.07 Å². The van der Waals surface area contributed by atoms with Gasteiger partial charge in [0.25, 0.3) is 0 Å². The Morgan fingerprint density at radius 2 is 2.09 bits per heavy atom. The lowest BCUT2D eigenvalue weighted by molar-refractivity contribution is 0.273. The van der Waals surface area contributed by atoms with Gasteiger partial charge in [-0.1, -0.05) is 26.2 Å². The average molecular weight is 151 g/mol. The summed E-state index contributed by atoms with van der Waals surface area (Å²) in [6.45, 7) is 2.21. The number of rotatable bonds is 2. The second kappa shape index (κ2) is 4.38. The van der Waals surface area contributed by atoms with Crippen molar-refractivity contribution in [3.63, 3.8) is 0 Å². The van der Waals surface area contributed by atoms with Crippen LogP contribution in [0.4, 0.5) is 0 Å². The van der Waals surface area contributed by atoms with Gasteiger partial charge in [0.1, 0.15) is 0 Å². The third-order valence-corrected chi connectivity index (χ3v) is 2.73. The molecule has 2 unspecified atom stereocenters. The molecular formula is C10H17N. The third-order valence-electron chi connectivity index (χ3n) is 2.73. The van der Waals surface area contributed by atoms with E-state index in [0.717, 1.165) is 12.3 Å². The smallest absolute Gasteiger partial charge is 0.0658 e. The molecule has 1 nitrogen and oxygen atoms in total. The highest BCUT2D eigenvalue weighted by atomic mass is 14.3. The molecule has 62 valence electrons. The molecule has 0 N–H and O–H groups in total. The molecule has 1 heteroatoms. The zero-order valence-corrected chi connectivity index (χ0v) is 7.34. The van der Waals surface area contributed by atoms with Crippen LogP contribution in [0.15, 0.2) is 0 Å². The fourth-order valence-corrected chi connectivity index (χ4v) is 2.09. The molecule has 0 saturated heterocycles. The Balaban J connectivity index is 2.39. The molecule has 1 aliphatic rings.